The minimum atomic E-state index is 0.560. The molecule has 16 heavy (non-hydrogen) atoms. The molecule has 0 bridgehead atoms. The summed E-state index contributed by atoms with van der Waals surface area (Å²) in [5, 5.41) is 0. The van der Waals surface area contributed by atoms with Crippen LogP contribution < -0.4 is 5.73 Å². The Morgan fingerprint density at radius 2 is 2.00 bits per heavy atom. The topological polar surface area (TPSA) is 38.5 Å². The van der Waals surface area contributed by atoms with Gasteiger partial charge in [-0.2, -0.15) is 0 Å². The normalized spacial score (nSPS) is 16.4. The molecule has 1 saturated heterocycles. The zero-order valence-electron chi connectivity index (χ0n) is 9.86. The predicted molar refractivity (Wildman–Crippen MR) is 65.3 cm³/mol. The van der Waals surface area contributed by atoms with E-state index in [4.69, 9.17) is 10.5 Å². The van der Waals surface area contributed by atoms with Crippen LogP contribution in [0.25, 0.3) is 0 Å². The van der Waals surface area contributed by atoms with Crippen molar-refractivity contribution < 1.29 is 4.74 Å². The van der Waals surface area contributed by atoms with E-state index in [9.17, 15) is 0 Å². The first kappa shape index (κ1) is 11.6. The molecular weight excluding hydrogens is 200 g/mol. The summed E-state index contributed by atoms with van der Waals surface area (Å²) in [7, 11) is 0. The fraction of sp³-hybridized carbons (Fsp3) is 0.538. The quantitative estimate of drug-likeness (QED) is 0.809. The molecule has 3 nitrogen and oxygen atoms in total. The lowest BCUT2D eigenvalue weighted by atomic mass is 10.1. The first-order chi connectivity index (χ1) is 7.79. The van der Waals surface area contributed by atoms with E-state index in [1.165, 1.54) is 11.1 Å². The Hall–Kier alpha value is -0.900. The molecule has 0 amide bonds. The van der Waals surface area contributed by atoms with E-state index in [-0.39, 0.29) is 0 Å². The van der Waals surface area contributed by atoms with Crippen molar-refractivity contribution in [1.29, 1.82) is 0 Å². The number of nitrogens with two attached hydrogens (primary N) is 1. The molecular formula is C13H20N2O. The molecule has 0 aromatic heterocycles. The first-order valence-electron chi connectivity index (χ1n) is 5.87. The molecule has 1 aromatic carbocycles. The Bertz CT molecular complexity index is 319. The lowest BCUT2D eigenvalue weighted by Gasteiger charge is -2.37. The predicted octanol–water partition coefficient (Wildman–Crippen LogP) is 1.15. The van der Waals surface area contributed by atoms with Crippen molar-refractivity contribution >= 4 is 0 Å². The number of benzene rings is 1. The smallest absolute Gasteiger partial charge is 0.0645 e. The highest BCUT2D eigenvalue weighted by atomic mass is 16.5. The molecule has 1 aromatic rings. The summed E-state index contributed by atoms with van der Waals surface area (Å²) in [5.74, 6) is 0. The van der Waals surface area contributed by atoms with Crippen LogP contribution >= 0.6 is 0 Å². The van der Waals surface area contributed by atoms with Gasteiger partial charge in [0.15, 0.2) is 0 Å². The minimum absolute atomic E-state index is 0.560. The van der Waals surface area contributed by atoms with Gasteiger partial charge in [0, 0.05) is 19.6 Å². The van der Waals surface area contributed by atoms with Gasteiger partial charge in [-0.15, -0.1) is 0 Å². The summed E-state index contributed by atoms with van der Waals surface area (Å²) >= 11 is 0. The fourth-order valence-corrected chi connectivity index (χ4v) is 1.92. The van der Waals surface area contributed by atoms with Crippen molar-refractivity contribution in [2.24, 2.45) is 5.73 Å². The van der Waals surface area contributed by atoms with Gasteiger partial charge >= 0.3 is 0 Å². The second kappa shape index (κ2) is 5.43. The highest BCUT2D eigenvalue weighted by Gasteiger charge is 2.25. The second-order valence-electron chi connectivity index (χ2n) is 4.44. The monoisotopic (exact) mass is 220 g/mol. The van der Waals surface area contributed by atoms with E-state index in [2.05, 4.69) is 36.1 Å². The van der Waals surface area contributed by atoms with Gasteiger partial charge < -0.3 is 10.5 Å². The van der Waals surface area contributed by atoms with Crippen LogP contribution in [-0.4, -0.2) is 37.2 Å². The molecule has 1 aliphatic rings. The Labute approximate surface area is 97.2 Å². The number of nitrogens with zero attached hydrogens (tertiary/aromatic N) is 1. The molecule has 1 heterocycles. The van der Waals surface area contributed by atoms with Crippen molar-refractivity contribution in [3.63, 3.8) is 0 Å². The zero-order chi connectivity index (χ0) is 11.4. The highest BCUT2D eigenvalue weighted by molar-refractivity contribution is 5.21. The van der Waals surface area contributed by atoms with E-state index in [1.54, 1.807) is 0 Å². The molecule has 2 N–H and O–H groups in total. The van der Waals surface area contributed by atoms with Gasteiger partial charge in [0.2, 0.25) is 0 Å². The molecule has 0 unspecified atom stereocenters. The Morgan fingerprint density at radius 3 is 2.50 bits per heavy atom. The van der Waals surface area contributed by atoms with E-state index in [0.717, 1.165) is 26.3 Å². The Kier molecular flexibility index (Phi) is 3.93. The zero-order valence-corrected chi connectivity index (χ0v) is 9.86. The number of hydrogen-bond donors (Lipinski definition) is 1. The standard InChI is InChI=1S/C13H20N2O/c1-11-2-4-12(5-3-11)8-15(7-6-14)13-9-16-10-13/h2-5,13H,6-10,14H2,1H3. The molecule has 0 aliphatic carbocycles. The fourth-order valence-electron chi connectivity index (χ4n) is 1.92. The minimum Gasteiger partial charge on any atom is -0.378 e. The van der Waals surface area contributed by atoms with Crippen LogP contribution in [0.3, 0.4) is 0 Å². The maximum atomic E-state index is 5.64. The summed E-state index contributed by atoms with van der Waals surface area (Å²) < 4.78 is 5.24. The molecule has 0 radical (unpaired) electrons. The van der Waals surface area contributed by atoms with Gasteiger partial charge in [0.25, 0.3) is 0 Å². The lowest BCUT2D eigenvalue weighted by molar-refractivity contribution is -0.0669. The largest absolute Gasteiger partial charge is 0.378 e. The highest BCUT2D eigenvalue weighted by Crippen LogP contribution is 2.14. The number of rotatable bonds is 5. The van der Waals surface area contributed by atoms with Crippen molar-refractivity contribution in [2.45, 2.75) is 19.5 Å². The summed E-state index contributed by atoms with van der Waals surface area (Å²) in [4.78, 5) is 2.41. The van der Waals surface area contributed by atoms with Gasteiger partial charge in [-0.05, 0) is 12.5 Å². The maximum Gasteiger partial charge on any atom is 0.0645 e. The number of hydrogen-bond acceptors (Lipinski definition) is 3. The third-order valence-corrected chi connectivity index (χ3v) is 3.06. The van der Waals surface area contributed by atoms with E-state index in [1.807, 2.05) is 0 Å². The van der Waals surface area contributed by atoms with E-state index >= 15 is 0 Å². The molecule has 88 valence electrons. The summed E-state index contributed by atoms with van der Waals surface area (Å²) in [5.41, 5.74) is 8.30. The lowest BCUT2D eigenvalue weighted by Crippen LogP contribution is -2.50. The van der Waals surface area contributed by atoms with Crippen molar-refractivity contribution in [3.8, 4) is 0 Å². The average Bonchev–Trinajstić information content (AvgIpc) is 2.19. The Balaban J connectivity index is 1.96. The second-order valence-corrected chi connectivity index (χ2v) is 4.44. The van der Waals surface area contributed by atoms with Gasteiger partial charge in [-0.25, -0.2) is 0 Å². The summed E-state index contributed by atoms with van der Waals surface area (Å²) in [6.45, 7) is 6.45. The molecule has 2 rings (SSSR count). The first-order valence-corrected chi connectivity index (χ1v) is 5.87. The van der Waals surface area contributed by atoms with Gasteiger partial charge in [0.1, 0.15) is 0 Å². The molecule has 1 aliphatic heterocycles. The van der Waals surface area contributed by atoms with Gasteiger partial charge in [-0.3, -0.25) is 4.90 Å². The Morgan fingerprint density at radius 1 is 1.31 bits per heavy atom. The van der Waals surface area contributed by atoms with Crippen LogP contribution in [0.2, 0.25) is 0 Å². The van der Waals surface area contributed by atoms with Crippen LogP contribution in [0.1, 0.15) is 11.1 Å². The maximum absolute atomic E-state index is 5.64. The SMILES string of the molecule is Cc1ccc(CN(CCN)C2COC2)cc1. The van der Waals surface area contributed by atoms with E-state index < -0.39 is 0 Å². The summed E-state index contributed by atoms with van der Waals surface area (Å²) in [6.07, 6.45) is 0. The van der Waals surface area contributed by atoms with Crippen molar-refractivity contribution in [3.05, 3.63) is 35.4 Å². The van der Waals surface area contributed by atoms with Crippen LogP contribution in [0, 0.1) is 6.92 Å². The third-order valence-electron chi connectivity index (χ3n) is 3.06. The average molecular weight is 220 g/mol. The molecule has 0 spiro atoms. The van der Waals surface area contributed by atoms with Crippen molar-refractivity contribution in [1.82, 2.24) is 4.90 Å². The molecule has 0 atom stereocenters. The van der Waals surface area contributed by atoms with Gasteiger partial charge in [0.05, 0.1) is 19.3 Å². The van der Waals surface area contributed by atoms with Crippen LogP contribution in [0.15, 0.2) is 24.3 Å². The van der Waals surface area contributed by atoms with Crippen LogP contribution in [-0.2, 0) is 11.3 Å². The van der Waals surface area contributed by atoms with Crippen molar-refractivity contribution in [2.75, 3.05) is 26.3 Å². The molecule has 1 fully saturated rings. The molecule has 0 saturated carbocycles. The van der Waals surface area contributed by atoms with E-state index in [0.29, 0.717) is 12.6 Å². The van der Waals surface area contributed by atoms with Crippen LogP contribution in [0.5, 0.6) is 0 Å². The molecule has 3 heteroatoms. The van der Waals surface area contributed by atoms with Gasteiger partial charge in [-0.1, -0.05) is 29.8 Å². The van der Waals surface area contributed by atoms with Crippen LogP contribution in [0.4, 0.5) is 0 Å². The number of ether oxygens (including phenoxy) is 1. The summed E-state index contributed by atoms with van der Waals surface area (Å²) in [6, 6.07) is 9.27. The third kappa shape index (κ3) is 2.82. The number of aryl methyl sites for hydroxylation is 1.